The summed E-state index contributed by atoms with van der Waals surface area (Å²) >= 11 is 0. The van der Waals surface area contributed by atoms with Crippen LogP contribution < -0.4 is 10.6 Å². The van der Waals surface area contributed by atoms with Gasteiger partial charge in [-0.05, 0) is 38.1 Å². The van der Waals surface area contributed by atoms with E-state index in [1.807, 2.05) is 0 Å². The highest BCUT2D eigenvalue weighted by Gasteiger charge is 2.19. The van der Waals surface area contributed by atoms with Crippen LogP contribution in [0, 0.1) is 5.82 Å². The maximum atomic E-state index is 12.8. The zero-order chi connectivity index (χ0) is 17.9. The average Bonchev–Trinajstić information content (AvgIpc) is 2.57. The van der Waals surface area contributed by atoms with E-state index < -0.39 is 6.04 Å². The highest BCUT2D eigenvalue weighted by Crippen LogP contribution is 2.03. The lowest BCUT2D eigenvalue weighted by molar-refractivity contribution is -0.127. The summed E-state index contributed by atoms with van der Waals surface area (Å²) in [6.07, 6.45) is 0.750. The summed E-state index contributed by atoms with van der Waals surface area (Å²) in [6.45, 7) is 3.33. The second kappa shape index (κ2) is 10.7. The van der Waals surface area contributed by atoms with Crippen molar-refractivity contribution in [2.45, 2.75) is 25.9 Å². The maximum Gasteiger partial charge on any atom is 0.237 e. The Labute approximate surface area is 142 Å². The number of likely N-dealkylation sites (N-methyl/N-ethyl adjacent to an activating group) is 1. The summed E-state index contributed by atoms with van der Waals surface area (Å²) in [5, 5.41) is 5.56. The molecule has 7 heteroatoms. The normalized spacial score (nSPS) is 12.0. The van der Waals surface area contributed by atoms with Gasteiger partial charge in [-0.2, -0.15) is 0 Å². The SMILES string of the molecule is COCCCNC(=O)CN(C)C(C)C(=O)NCc1ccc(F)cc1. The predicted molar refractivity (Wildman–Crippen MR) is 89.8 cm³/mol. The van der Waals surface area contributed by atoms with Gasteiger partial charge in [0.25, 0.3) is 0 Å². The molecule has 0 saturated carbocycles. The highest BCUT2D eigenvalue weighted by molar-refractivity contribution is 5.83. The van der Waals surface area contributed by atoms with Gasteiger partial charge in [-0.3, -0.25) is 14.5 Å². The van der Waals surface area contributed by atoms with E-state index in [1.54, 1.807) is 38.1 Å². The first kappa shape index (κ1) is 20.1. The van der Waals surface area contributed by atoms with Crippen molar-refractivity contribution < 1.29 is 18.7 Å². The lowest BCUT2D eigenvalue weighted by Crippen LogP contribution is -2.47. The van der Waals surface area contributed by atoms with Crippen molar-refractivity contribution in [3.8, 4) is 0 Å². The van der Waals surface area contributed by atoms with Crippen LogP contribution in [0.1, 0.15) is 18.9 Å². The molecule has 0 spiro atoms. The minimum Gasteiger partial charge on any atom is -0.385 e. The molecule has 1 rings (SSSR count). The molecule has 0 fully saturated rings. The molecule has 0 bridgehead atoms. The van der Waals surface area contributed by atoms with Gasteiger partial charge in [0.15, 0.2) is 0 Å². The third kappa shape index (κ3) is 7.52. The van der Waals surface area contributed by atoms with Gasteiger partial charge in [-0.15, -0.1) is 0 Å². The van der Waals surface area contributed by atoms with Crippen LogP contribution in [0.15, 0.2) is 24.3 Å². The van der Waals surface area contributed by atoms with Gasteiger partial charge < -0.3 is 15.4 Å². The Balaban J connectivity index is 2.32. The number of amides is 2. The summed E-state index contributed by atoms with van der Waals surface area (Å²) in [7, 11) is 3.33. The Morgan fingerprint density at radius 3 is 2.54 bits per heavy atom. The van der Waals surface area contributed by atoms with E-state index in [0.717, 1.165) is 12.0 Å². The lowest BCUT2D eigenvalue weighted by atomic mass is 10.2. The third-order valence-electron chi connectivity index (χ3n) is 3.66. The number of hydrogen-bond acceptors (Lipinski definition) is 4. The van der Waals surface area contributed by atoms with Gasteiger partial charge in [0.2, 0.25) is 11.8 Å². The number of rotatable bonds is 10. The Hall–Kier alpha value is -1.99. The second-order valence-corrected chi connectivity index (χ2v) is 5.63. The van der Waals surface area contributed by atoms with Crippen molar-refractivity contribution in [3.63, 3.8) is 0 Å². The number of nitrogens with zero attached hydrogens (tertiary/aromatic N) is 1. The lowest BCUT2D eigenvalue weighted by Gasteiger charge is -2.23. The molecule has 0 aromatic heterocycles. The summed E-state index contributed by atoms with van der Waals surface area (Å²) < 4.78 is 17.7. The molecule has 1 aromatic carbocycles. The summed E-state index contributed by atoms with van der Waals surface area (Å²) in [4.78, 5) is 25.6. The fourth-order valence-corrected chi connectivity index (χ4v) is 2.00. The number of carbonyl (C=O) groups excluding carboxylic acids is 2. The Morgan fingerprint density at radius 2 is 1.92 bits per heavy atom. The number of hydrogen-bond donors (Lipinski definition) is 2. The van der Waals surface area contributed by atoms with Crippen LogP contribution in [0.3, 0.4) is 0 Å². The molecule has 1 unspecified atom stereocenters. The van der Waals surface area contributed by atoms with Gasteiger partial charge in [-0.1, -0.05) is 12.1 Å². The van der Waals surface area contributed by atoms with Gasteiger partial charge in [0.05, 0.1) is 12.6 Å². The van der Waals surface area contributed by atoms with Crippen molar-refractivity contribution in [2.24, 2.45) is 0 Å². The van der Waals surface area contributed by atoms with Crippen molar-refractivity contribution >= 4 is 11.8 Å². The molecular weight excluding hydrogens is 313 g/mol. The fourth-order valence-electron chi connectivity index (χ4n) is 2.00. The highest BCUT2D eigenvalue weighted by atomic mass is 19.1. The van der Waals surface area contributed by atoms with Crippen LogP contribution in [0.4, 0.5) is 4.39 Å². The molecule has 0 aliphatic carbocycles. The van der Waals surface area contributed by atoms with E-state index >= 15 is 0 Å². The molecule has 2 N–H and O–H groups in total. The first-order chi connectivity index (χ1) is 11.4. The minimum absolute atomic E-state index is 0.133. The van der Waals surface area contributed by atoms with Crippen LogP contribution >= 0.6 is 0 Å². The molecule has 0 heterocycles. The molecule has 0 aliphatic rings. The van der Waals surface area contributed by atoms with Crippen molar-refractivity contribution in [3.05, 3.63) is 35.6 Å². The Kier molecular flexibility index (Phi) is 8.96. The van der Waals surface area contributed by atoms with E-state index in [4.69, 9.17) is 4.74 Å². The van der Waals surface area contributed by atoms with Crippen LogP contribution in [-0.4, -0.2) is 56.6 Å². The number of methoxy groups -OCH3 is 1. The van der Waals surface area contributed by atoms with E-state index in [-0.39, 0.29) is 24.2 Å². The molecule has 0 radical (unpaired) electrons. The van der Waals surface area contributed by atoms with Crippen LogP contribution in [0.2, 0.25) is 0 Å². The number of ether oxygens (including phenoxy) is 1. The van der Waals surface area contributed by atoms with Crippen LogP contribution in [0.5, 0.6) is 0 Å². The standard InChI is InChI=1S/C17H26FN3O3/c1-13(21(2)12-16(22)19-9-4-10-24-3)17(23)20-11-14-5-7-15(18)8-6-14/h5-8,13H,4,9-12H2,1-3H3,(H,19,22)(H,20,23). The van der Waals surface area contributed by atoms with Crippen molar-refractivity contribution in [1.82, 2.24) is 15.5 Å². The van der Waals surface area contributed by atoms with Gasteiger partial charge in [-0.25, -0.2) is 4.39 Å². The predicted octanol–water partition coefficient (Wildman–Crippen LogP) is 0.915. The molecular formula is C17H26FN3O3. The van der Waals surface area contributed by atoms with Gasteiger partial charge in [0, 0.05) is 26.8 Å². The Morgan fingerprint density at radius 1 is 1.25 bits per heavy atom. The number of nitrogens with one attached hydrogen (secondary N) is 2. The van der Waals surface area contributed by atoms with E-state index in [9.17, 15) is 14.0 Å². The molecule has 0 aliphatic heterocycles. The molecule has 1 atom stereocenters. The third-order valence-corrected chi connectivity index (χ3v) is 3.66. The zero-order valence-electron chi connectivity index (χ0n) is 14.5. The molecule has 6 nitrogen and oxygen atoms in total. The monoisotopic (exact) mass is 339 g/mol. The zero-order valence-corrected chi connectivity index (χ0v) is 14.5. The first-order valence-electron chi connectivity index (χ1n) is 7.92. The number of carbonyl (C=O) groups is 2. The smallest absolute Gasteiger partial charge is 0.237 e. The fraction of sp³-hybridized carbons (Fsp3) is 0.529. The summed E-state index contributed by atoms with van der Waals surface area (Å²) in [5.41, 5.74) is 0.815. The number of benzene rings is 1. The largest absolute Gasteiger partial charge is 0.385 e. The van der Waals surface area contributed by atoms with Crippen molar-refractivity contribution in [2.75, 3.05) is 33.9 Å². The van der Waals surface area contributed by atoms with Crippen LogP contribution in [0.25, 0.3) is 0 Å². The average molecular weight is 339 g/mol. The Bertz CT molecular complexity index is 522. The molecule has 0 saturated heterocycles. The minimum atomic E-state index is -0.449. The van der Waals surface area contributed by atoms with Crippen LogP contribution in [-0.2, 0) is 20.9 Å². The van der Waals surface area contributed by atoms with Gasteiger partial charge >= 0.3 is 0 Å². The van der Waals surface area contributed by atoms with E-state index in [0.29, 0.717) is 19.7 Å². The topological polar surface area (TPSA) is 70.7 Å². The van der Waals surface area contributed by atoms with E-state index in [1.165, 1.54) is 12.1 Å². The van der Waals surface area contributed by atoms with Gasteiger partial charge in [0.1, 0.15) is 5.82 Å². The van der Waals surface area contributed by atoms with Crippen molar-refractivity contribution in [1.29, 1.82) is 0 Å². The molecule has 24 heavy (non-hydrogen) atoms. The molecule has 1 aromatic rings. The van der Waals surface area contributed by atoms with E-state index in [2.05, 4.69) is 10.6 Å². The summed E-state index contributed by atoms with van der Waals surface area (Å²) in [5.74, 6) is -0.629. The number of halogens is 1. The first-order valence-corrected chi connectivity index (χ1v) is 7.92. The quantitative estimate of drug-likeness (QED) is 0.622. The maximum absolute atomic E-state index is 12.8. The molecule has 134 valence electrons. The summed E-state index contributed by atoms with van der Waals surface area (Å²) in [6, 6.07) is 5.50. The molecule has 2 amide bonds. The second-order valence-electron chi connectivity index (χ2n) is 5.63.